The van der Waals surface area contributed by atoms with E-state index in [1.165, 1.54) is 10.3 Å². The molecule has 0 aliphatic rings. The lowest BCUT2D eigenvalue weighted by molar-refractivity contribution is 0.0963. The lowest BCUT2D eigenvalue weighted by Crippen LogP contribution is -2.17. The molecule has 1 amide bonds. The van der Waals surface area contributed by atoms with Crippen molar-refractivity contribution < 1.29 is 4.79 Å². The van der Waals surface area contributed by atoms with Crippen molar-refractivity contribution >= 4 is 28.7 Å². The number of pyridine rings is 1. The third kappa shape index (κ3) is 1.33. The summed E-state index contributed by atoms with van der Waals surface area (Å²) in [6.45, 7) is 0. The first-order valence-electron chi connectivity index (χ1n) is 4.07. The van der Waals surface area contributed by atoms with Crippen LogP contribution in [0, 0.1) is 0 Å². The van der Waals surface area contributed by atoms with Crippen molar-refractivity contribution in [2.45, 2.75) is 0 Å². The number of halogens is 1. The smallest absolute Gasteiger partial charge is 0.252 e. The van der Waals surface area contributed by atoms with Crippen LogP contribution in [-0.4, -0.2) is 22.0 Å². The molecule has 2 rings (SSSR count). The number of carbonyl (C=O) groups is 1. The minimum atomic E-state index is -0.151. The van der Waals surface area contributed by atoms with Crippen LogP contribution in [0.1, 0.15) is 10.4 Å². The summed E-state index contributed by atoms with van der Waals surface area (Å²) in [5, 5.41) is 3.38. The lowest BCUT2D eigenvalue weighted by atomic mass is 10.2. The van der Waals surface area contributed by atoms with Crippen molar-refractivity contribution in [2.24, 2.45) is 0 Å². The lowest BCUT2D eigenvalue weighted by Gasteiger charge is -1.99. The molecule has 0 spiro atoms. The fraction of sp³-hybridized carbons (Fsp3) is 0.111. The first-order valence-corrected chi connectivity index (χ1v) is 4.41. The SMILES string of the molecule is CNC(=O)c1cnc2c(ccn2Cl)c1. The Balaban J connectivity index is 2.57. The molecule has 0 aromatic carbocycles. The molecule has 0 saturated heterocycles. The quantitative estimate of drug-likeness (QED) is 0.772. The van der Waals surface area contributed by atoms with Gasteiger partial charge in [0, 0.05) is 36.6 Å². The second-order valence-electron chi connectivity index (χ2n) is 2.84. The van der Waals surface area contributed by atoms with Gasteiger partial charge >= 0.3 is 0 Å². The molecule has 0 unspecified atom stereocenters. The van der Waals surface area contributed by atoms with Gasteiger partial charge in [0.2, 0.25) is 0 Å². The number of hydrogen-bond donors (Lipinski definition) is 1. The summed E-state index contributed by atoms with van der Waals surface area (Å²) in [5.41, 5.74) is 1.18. The van der Waals surface area contributed by atoms with Crippen molar-refractivity contribution in [3.05, 3.63) is 30.1 Å². The van der Waals surface area contributed by atoms with Crippen LogP contribution in [0.15, 0.2) is 24.5 Å². The molecule has 0 aliphatic heterocycles. The molecular formula is C9H8ClN3O. The van der Waals surface area contributed by atoms with E-state index in [0.717, 1.165) is 5.39 Å². The maximum absolute atomic E-state index is 11.3. The molecule has 4 nitrogen and oxygen atoms in total. The molecule has 2 aromatic heterocycles. The Morgan fingerprint density at radius 3 is 3.14 bits per heavy atom. The van der Waals surface area contributed by atoms with Crippen LogP contribution in [-0.2, 0) is 0 Å². The first kappa shape index (κ1) is 9.02. The van der Waals surface area contributed by atoms with E-state index in [2.05, 4.69) is 10.3 Å². The molecule has 2 aromatic rings. The minimum absolute atomic E-state index is 0.151. The molecule has 0 bridgehead atoms. The van der Waals surface area contributed by atoms with Crippen molar-refractivity contribution in [3.63, 3.8) is 0 Å². The van der Waals surface area contributed by atoms with Gasteiger partial charge in [-0.1, -0.05) is 0 Å². The van der Waals surface area contributed by atoms with Crippen LogP contribution in [0.25, 0.3) is 11.0 Å². The molecule has 0 fully saturated rings. The zero-order valence-electron chi connectivity index (χ0n) is 7.49. The van der Waals surface area contributed by atoms with Gasteiger partial charge in [0.25, 0.3) is 5.91 Å². The molecule has 0 aliphatic carbocycles. The van der Waals surface area contributed by atoms with Crippen LogP contribution in [0.5, 0.6) is 0 Å². The van der Waals surface area contributed by atoms with Crippen LogP contribution in [0.4, 0.5) is 0 Å². The average molecular weight is 210 g/mol. The topological polar surface area (TPSA) is 46.9 Å². The van der Waals surface area contributed by atoms with E-state index in [1.54, 1.807) is 19.3 Å². The van der Waals surface area contributed by atoms with Crippen molar-refractivity contribution in [3.8, 4) is 0 Å². The van der Waals surface area contributed by atoms with E-state index in [-0.39, 0.29) is 5.91 Å². The van der Waals surface area contributed by atoms with E-state index in [1.807, 2.05) is 6.07 Å². The highest BCUT2D eigenvalue weighted by atomic mass is 35.5. The van der Waals surface area contributed by atoms with Gasteiger partial charge in [0.1, 0.15) is 0 Å². The van der Waals surface area contributed by atoms with Crippen molar-refractivity contribution in [2.75, 3.05) is 7.05 Å². The number of nitrogens with zero attached hydrogens (tertiary/aromatic N) is 2. The third-order valence-electron chi connectivity index (χ3n) is 1.97. The molecule has 72 valence electrons. The first-order chi connectivity index (χ1) is 6.72. The maximum Gasteiger partial charge on any atom is 0.252 e. The fourth-order valence-corrected chi connectivity index (χ4v) is 1.46. The van der Waals surface area contributed by atoms with E-state index in [4.69, 9.17) is 11.8 Å². The second kappa shape index (κ2) is 3.31. The van der Waals surface area contributed by atoms with Gasteiger partial charge in [-0.3, -0.25) is 4.79 Å². The van der Waals surface area contributed by atoms with E-state index >= 15 is 0 Å². The Hall–Kier alpha value is -1.55. The Bertz CT molecular complexity index is 492. The number of hydrogen-bond acceptors (Lipinski definition) is 2. The summed E-state index contributed by atoms with van der Waals surface area (Å²) in [6.07, 6.45) is 3.19. The monoisotopic (exact) mass is 209 g/mol. The predicted molar refractivity (Wildman–Crippen MR) is 54.4 cm³/mol. The standard InChI is InChI=1S/C9H8ClN3O/c1-11-9(14)7-4-6-2-3-13(10)8(6)12-5-7/h2-5H,1H3,(H,11,14). The Morgan fingerprint density at radius 1 is 1.64 bits per heavy atom. The van der Waals surface area contributed by atoms with Gasteiger partial charge in [0.05, 0.1) is 5.56 Å². The molecule has 0 saturated carbocycles. The fourth-order valence-electron chi connectivity index (χ4n) is 1.26. The van der Waals surface area contributed by atoms with Gasteiger partial charge in [-0.25, -0.2) is 9.07 Å². The van der Waals surface area contributed by atoms with Crippen LogP contribution < -0.4 is 5.32 Å². The van der Waals surface area contributed by atoms with E-state index in [0.29, 0.717) is 11.2 Å². The summed E-state index contributed by atoms with van der Waals surface area (Å²) in [7, 11) is 1.58. The third-order valence-corrected chi connectivity index (χ3v) is 2.24. The highest BCUT2D eigenvalue weighted by molar-refractivity contribution is 6.18. The van der Waals surface area contributed by atoms with Crippen molar-refractivity contribution in [1.29, 1.82) is 0 Å². The summed E-state index contributed by atoms with van der Waals surface area (Å²) in [6, 6.07) is 3.56. The van der Waals surface area contributed by atoms with E-state index in [9.17, 15) is 4.79 Å². The number of nitrogens with one attached hydrogen (secondary N) is 1. The zero-order chi connectivity index (χ0) is 10.1. The second-order valence-corrected chi connectivity index (χ2v) is 3.21. The average Bonchev–Trinajstić information content (AvgIpc) is 2.59. The molecule has 1 N–H and O–H groups in total. The number of carbonyl (C=O) groups excluding carboxylic acids is 1. The Kier molecular flexibility index (Phi) is 2.13. The number of aromatic nitrogens is 2. The van der Waals surface area contributed by atoms with Gasteiger partial charge in [-0.15, -0.1) is 0 Å². The molecular weight excluding hydrogens is 202 g/mol. The van der Waals surface area contributed by atoms with Crippen LogP contribution in [0.3, 0.4) is 0 Å². The predicted octanol–water partition coefficient (Wildman–Crippen LogP) is 1.40. The summed E-state index contributed by atoms with van der Waals surface area (Å²) >= 11 is 5.79. The van der Waals surface area contributed by atoms with Gasteiger partial charge < -0.3 is 5.32 Å². The van der Waals surface area contributed by atoms with Gasteiger partial charge in [-0.2, -0.15) is 0 Å². The summed E-state index contributed by atoms with van der Waals surface area (Å²) in [4.78, 5) is 15.4. The largest absolute Gasteiger partial charge is 0.355 e. The Morgan fingerprint density at radius 2 is 2.43 bits per heavy atom. The number of amides is 1. The zero-order valence-corrected chi connectivity index (χ0v) is 8.25. The normalized spacial score (nSPS) is 10.4. The van der Waals surface area contributed by atoms with Gasteiger partial charge in [-0.05, 0) is 12.1 Å². The maximum atomic E-state index is 11.3. The van der Waals surface area contributed by atoms with Crippen LogP contribution in [0.2, 0.25) is 0 Å². The molecule has 14 heavy (non-hydrogen) atoms. The van der Waals surface area contributed by atoms with E-state index < -0.39 is 0 Å². The number of fused-ring (bicyclic) bond motifs is 1. The molecule has 2 heterocycles. The molecule has 5 heteroatoms. The number of rotatable bonds is 1. The minimum Gasteiger partial charge on any atom is -0.355 e. The summed E-state index contributed by atoms with van der Waals surface area (Å²) in [5.74, 6) is -0.151. The van der Waals surface area contributed by atoms with Crippen LogP contribution >= 0.6 is 11.8 Å². The van der Waals surface area contributed by atoms with Crippen molar-refractivity contribution in [1.82, 2.24) is 14.4 Å². The molecule has 0 atom stereocenters. The highest BCUT2D eigenvalue weighted by Crippen LogP contribution is 2.15. The molecule has 0 radical (unpaired) electrons. The summed E-state index contributed by atoms with van der Waals surface area (Å²) < 4.78 is 1.39. The van der Waals surface area contributed by atoms with Gasteiger partial charge in [0.15, 0.2) is 5.65 Å². The Labute approximate surface area is 85.6 Å². The highest BCUT2D eigenvalue weighted by Gasteiger charge is 2.06.